The van der Waals surface area contributed by atoms with E-state index in [1.165, 1.54) is 12.2 Å². The Morgan fingerprint density at radius 2 is 1.94 bits per heavy atom. The minimum absolute atomic E-state index is 0.0466. The number of hydrogen-bond acceptors (Lipinski definition) is 3. The Morgan fingerprint density at radius 3 is 2.59 bits per heavy atom. The van der Waals surface area contributed by atoms with E-state index < -0.39 is 11.7 Å². The number of allylic oxidation sites excluding steroid dienone is 9. The van der Waals surface area contributed by atoms with Crippen molar-refractivity contribution < 1.29 is 13.2 Å². The summed E-state index contributed by atoms with van der Waals surface area (Å²) in [5.74, 6) is 0.506. The van der Waals surface area contributed by atoms with Crippen molar-refractivity contribution in [2.24, 2.45) is 23.2 Å². The lowest BCUT2D eigenvalue weighted by molar-refractivity contribution is -0.0888. The maximum Gasteiger partial charge on any atom is 0.416 e. The van der Waals surface area contributed by atoms with E-state index in [4.69, 9.17) is 16.6 Å². The molecule has 0 bridgehead atoms. The summed E-state index contributed by atoms with van der Waals surface area (Å²) in [6.07, 6.45) is 13.5. The van der Waals surface area contributed by atoms with Gasteiger partial charge in [-0.2, -0.15) is 13.2 Å². The van der Waals surface area contributed by atoms with Gasteiger partial charge in [-0.25, -0.2) is 4.98 Å². The normalized spacial score (nSPS) is 24.1. The topological polar surface area (TPSA) is 24.9 Å². The van der Waals surface area contributed by atoms with Gasteiger partial charge in [0, 0.05) is 11.6 Å². The molecule has 0 saturated heterocycles. The van der Waals surface area contributed by atoms with Crippen molar-refractivity contribution in [2.75, 3.05) is 11.9 Å². The van der Waals surface area contributed by atoms with Gasteiger partial charge in [-0.05, 0) is 54.9 Å². The number of aryl methyl sites for hydroxylation is 1. The molecule has 1 aromatic heterocycles. The fraction of sp³-hybridized carbons (Fsp3) is 0.480. The predicted octanol–water partition coefficient (Wildman–Crippen LogP) is 7.92. The van der Waals surface area contributed by atoms with Gasteiger partial charge in [0.15, 0.2) is 5.13 Å². The van der Waals surface area contributed by atoms with Crippen LogP contribution < -0.4 is 5.32 Å². The first-order valence-corrected chi connectivity index (χ1v) is 12.2. The van der Waals surface area contributed by atoms with E-state index in [1.807, 2.05) is 12.2 Å². The van der Waals surface area contributed by atoms with Gasteiger partial charge in [0.25, 0.3) is 0 Å². The first kappa shape index (κ1) is 23.4. The average Bonchev–Trinajstić information content (AvgIpc) is 3.15. The zero-order valence-corrected chi connectivity index (χ0v) is 19.8. The van der Waals surface area contributed by atoms with Crippen LogP contribution in [0.4, 0.5) is 18.3 Å². The Balaban J connectivity index is 1.51. The number of rotatable bonds is 6. The lowest BCUT2D eigenvalue weighted by Gasteiger charge is -2.43. The molecule has 0 saturated carbocycles. The monoisotopic (exact) mass is 480 g/mol. The molecule has 4 rings (SSSR count). The Hall–Kier alpha value is -1.79. The molecule has 1 aromatic rings. The third kappa shape index (κ3) is 5.23. The summed E-state index contributed by atoms with van der Waals surface area (Å²) >= 11 is 7.79. The summed E-state index contributed by atoms with van der Waals surface area (Å²) in [4.78, 5) is 5.85. The number of hydrogen-bond donors (Lipinski definition) is 1. The molecule has 3 aliphatic rings. The van der Waals surface area contributed by atoms with E-state index in [0.717, 1.165) is 40.0 Å². The summed E-state index contributed by atoms with van der Waals surface area (Å²) in [5.41, 5.74) is 0.373. The lowest BCUT2D eigenvalue weighted by atomic mass is 9.62. The van der Waals surface area contributed by atoms with Crippen molar-refractivity contribution in [3.05, 3.63) is 63.7 Å². The fourth-order valence-corrected chi connectivity index (χ4v) is 6.30. The van der Waals surface area contributed by atoms with Gasteiger partial charge in [0.05, 0.1) is 16.1 Å². The molecule has 0 fully saturated rings. The van der Waals surface area contributed by atoms with Crippen molar-refractivity contribution in [3.8, 4) is 0 Å². The third-order valence-electron chi connectivity index (χ3n) is 6.61. The maximum absolute atomic E-state index is 13.1. The van der Waals surface area contributed by atoms with Gasteiger partial charge in [0.2, 0.25) is 0 Å². The van der Waals surface area contributed by atoms with Gasteiger partial charge in [0.1, 0.15) is 0 Å². The van der Waals surface area contributed by atoms with E-state index in [0.29, 0.717) is 13.0 Å². The maximum atomic E-state index is 13.1. The highest BCUT2D eigenvalue weighted by atomic mass is 35.5. The highest BCUT2D eigenvalue weighted by molar-refractivity contribution is 7.16. The minimum atomic E-state index is -4.29. The summed E-state index contributed by atoms with van der Waals surface area (Å²) in [5, 5.41) is 5.26. The number of anilines is 1. The smallest absolute Gasteiger partial charge is 0.361 e. The second kappa shape index (κ2) is 9.22. The molecule has 172 valence electrons. The van der Waals surface area contributed by atoms with Crippen LogP contribution in [-0.4, -0.2) is 17.7 Å². The molecule has 1 heterocycles. The first-order valence-electron chi connectivity index (χ1n) is 11.0. The van der Waals surface area contributed by atoms with Crippen LogP contribution in [0.3, 0.4) is 0 Å². The second-order valence-electron chi connectivity index (χ2n) is 9.42. The summed E-state index contributed by atoms with van der Waals surface area (Å²) in [6, 6.07) is 0. The first-order chi connectivity index (χ1) is 15.1. The molecule has 32 heavy (non-hydrogen) atoms. The number of aromatic nitrogens is 1. The number of nitrogens with zero attached hydrogens (tertiary/aromatic N) is 1. The standard InChI is InChI=1S/C25H28ClF3N2S/c1-24(2,15-30-23-31-20-13-12-19(26)14-21(20)32-23)22(16-6-4-3-5-7-16)17-8-10-18(11-9-17)25(27,28)29/h3-6,8,10-11,14,16-17,22H,7,9,12-13,15H2,1-2H3,(H,30,31). The lowest BCUT2D eigenvalue weighted by Crippen LogP contribution is -2.40. The highest BCUT2D eigenvalue weighted by Gasteiger charge is 2.41. The molecule has 3 unspecified atom stereocenters. The van der Waals surface area contributed by atoms with Crippen molar-refractivity contribution >= 4 is 34.1 Å². The summed E-state index contributed by atoms with van der Waals surface area (Å²) < 4.78 is 39.4. The zero-order valence-electron chi connectivity index (χ0n) is 18.3. The molecule has 1 N–H and O–H groups in total. The Bertz CT molecular complexity index is 997. The largest absolute Gasteiger partial charge is 0.416 e. The Labute approximate surface area is 196 Å². The number of halogens is 4. The van der Waals surface area contributed by atoms with Crippen molar-refractivity contribution in [1.82, 2.24) is 4.98 Å². The molecule has 0 aliphatic heterocycles. The number of fused-ring (bicyclic) bond motifs is 1. The van der Waals surface area contributed by atoms with Gasteiger partial charge in [-0.15, -0.1) is 0 Å². The zero-order chi connectivity index (χ0) is 22.9. The van der Waals surface area contributed by atoms with Crippen LogP contribution in [0.15, 0.2) is 53.1 Å². The van der Waals surface area contributed by atoms with Crippen molar-refractivity contribution in [3.63, 3.8) is 0 Å². The van der Waals surface area contributed by atoms with Crippen molar-refractivity contribution in [2.45, 2.75) is 45.7 Å². The van der Waals surface area contributed by atoms with Crippen LogP contribution in [0.1, 0.15) is 43.7 Å². The molecule has 0 radical (unpaired) electrons. The molecule has 0 amide bonds. The van der Waals surface area contributed by atoms with Crippen LogP contribution in [0.5, 0.6) is 0 Å². The number of thiazole rings is 1. The average molecular weight is 481 g/mol. The molecular formula is C25H28ClF3N2S. The van der Waals surface area contributed by atoms with E-state index in [-0.39, 0.29) is 23.2 Å². The van der Waals surface area contributed by atoms with E-state index in [2.05, 4.69) is 37.4 Å². The molecular weight excluding hydrogens is 453 g/mol. The van der Waals surface area contributed by atoms with Gasteiger partial charge in [-0.1, -0.05) is 79.3 Å². The summed E-state index contributed by atoms with van der Waals surface area (Å²) in [6.45, 7) is 5.10. The summed E-state index contributed by atoms with van der Waals surface area (Å²) in [7, 11) is 0. The van der Waals surface area contributed by atoms with Crippen LogP contribution >= 0.6 is 22.9 Å². The molecule has 0 spiro atoms. The van der Waals surface area contributed by atoms with Crippen LogP contribution in [0, 0.1) is 23.2 Å². The fourth-order valence-electron chi connectivity index (χ4n) is 5.06. The predicted molar refractivity (Wildman–Crippen MR) is 128 cm³/mol. The van der Waals surface area contributed by atoms with Gasteiger partial charge >= 0.3 is 6.18 Å². The molecule has 0 aromatic carbocycles. The van der Waals surface area contributed by atoms with Crippen molar-refractivity contribution in [1.29, 1.82) is 0 Å². The molecule has 7 heteroatoms. The van der Waals surface area contributed by atoms with E-state index >= 15 is 0 Å². The Morgan fingerprint density at radius 1 is 1.16 bits per heavy atom. The second-order valence-corrected chi connectivity index (χ2v) is 10.9. The number of nitrogens with one attached hydrogen (secondary N) is 1. The van der Waals surface area contributed by atoms with Crippen LogP contribution in [0.2, 0.25) is 0 Å². The van der Waals surface area contributed by atoms with Crippen LogP contribution in [-0.2, 0) is 6.42 Å². The van der Waals surface area contributed by atoms with Gasteiger partial charge < -0.3 is 5.32 Å². The quantitative estimate of drug-likeness (QED) is 0.447. The molecule has 2 nitrogen and oxygen atoms in total. The minimum Gasteiger partial charge on any atom is -0.361 e. The van der Waals surface area contributed by atoms with Crippen LogP contribution in [0.25, 0.3) is 6.08 Å². The number of alkyl halides is 3. The third-order valence-corrected chi connectivity index (χ3v) is 7.91. The van der Waals surface area contributed by atoms with E-state index in [9.17, 15) is 13.2 Å². The highest BCUT2D eigenvalue weighted by Crippen LogP contribution is 2.46. The SMILES string of the molecule is CC(C)(CNc1nc2c(s1)C=C(Cl)CC2)C(C1C=CC=CC1)C1C=CC(C(F)(F)F)=CC1. The van der Waals surface area contributed by atoms with E-state index in [1.54, 1.807) is 17.4 Å². The molecule has 3 atom stereocenters. The Kier molecular flexibility index (Phi) is 6.73. The molecule has 3 aliphatic carbocycles. The van der Waals surface area contributed by atoms with Gasteiger partial charge in [-0.3, -0.25) is 0 Å².